The highest BCUT2D eigenvalue weighted by molar-refractivity contribution is 4.85. The summed E-state index contributed by atoms with van der Waals surface area (Å²) in [5.74, 6) is 0. The number of hydrogen-bond donors (Lipinski definition) is 2. The lowest BCUT2D eigenvalue weighted by Gasteiger charge is -2.36. The zero-order chi connectivity index (χ0) is 12.8. The molecular formula is C15H30N2O. The second kappa shape index (κ2) is 6.88. The van der Waals surface area contributed by atoms with Gasteiger partial charge in [-0.1, -0.05) is 19.3 Å². The summed E-state index contributed by atoms with van der Waals surface area (Å²) in [5, 5.41) is 13.3. The van der Waals surface area contributed by atoms with Crippen molar-refractivity contribution < 1.29 is 5.11 Å². The van der Waals surface area contributed by atoms with Crippen molar-refractivity contribution in [2.45, 2.75) is 57.9 Å². The minimum absolute atomic E-state index is 0.184. The van der Waals surface area contributed by atoms with E-state index in [4.69, 9.17) is 0 Å². The van der Waals surface area contributed by atoms with Gasteiger partial charge in [-0.2, -0.15) is 0 Å². The first kappa shape index (κ1) is 14.3. The number of aliphatic hydroxyl groups is 1. The second-order valence-corrected chi connectivity index (χ2v) is 6.44. The summed E-state index contributed by atoms with van der Waals surface area (Å²) in [4.78, 5) is 2.58. The molecule has 1 atom stereocenters. The summed E-state index contributed by atoms with van der Waals surface area (Å²) < 4.78 is 0. The molecule has 1 aliphatic heterocycles. The predicted molar refractivity (Wildman–Crippen MR) is 75.7 cm³/mol. The van der Waals surface area contributed by atoms with Gasteiger partial charge in [0.25, 0.3) is 0 Å². The largest absolute Gasteiger partial charge is 0.396 e. The van der Waals surface area contributed by atoms with Crippen LogP contribution in [0, 0.1) is 5.41 Å². The van der Waals surface area contributed by atoms with Crippen LogP contribution >= 0.6 is 0 Å². The number of nitrogens with zero attached hydrogens (tertiary/aromatic N) is 1. The first-order chi connectivity index (χ1) is 8.76. The lowest BCUT2D eigenvalue weighted by atomic mass is 9.74. The molecule has 2 rings (SSSR count). The third-order valence-electron chi connectivity index (χ3n) is 4.95. The predicted octanol–water partition coefficient (Wildman–Crippen LogP) is 2.00. The number of hydrogen-bond acceptors (Lipinski definition) is 3. The molecule has 106 valence electrons. The summed E-state index contributed by atoms with van der Waals surface area (Å²) in [7, 11) is 0. The first-order valence-electron chi connectivity index (χ1n) is 7.81. The van der Waals surface area contributed by atoms with E-state index in [0.717, 1.165) is 13.1 Å². The van der Waals surface area contributed by atoms with Crippen molar-refractivity contribution in [1.82, 2.24) is 10.2 Å². The Labute approximate surface area is 112 Å². The van der Waals surface area contributed by atoms with Gasteiger partial charge in [-0.15, -0.1) is 0 Å². The molecule has 2 fully saturated rings. The smallest absolute Gasteiger partial charge is 0.0499 e. The average molecular weight is 254 g/mol. The summed E-state index contributed by atoms with van der Waals surface area (Å²) in [6, 6.07) is 0.645. The molecule has 3 nitrogen and oxygen atoms in total. The van der Waals surface area contributed by atoms with Gasteiger partial charge in [-0.05, 0) is 45.7 Å². The molecule has 0 aromatic rings. The van der Waals surface area contributed by atoms with Crippen LogP contribution in [0.4, 0.5) is 0 Å². The standard InChI is InChI=1S/C15H30N2O/c1-14(17-9-5-6-10-17)11-16-12-15(13-18)7-3-2-4-8-15/h14,16,18H,2-13H2,1H3. The number of likely N-dealkylation sites (tertiary alicyclic amines) is 1. The summed E-state index contributed by atoms with van der Waals surface area (Å²) >= 11 is 0. The average Bonchev–Trinajstić information content (AvgIpc) is 2.94. The van der Waals surface area contributed by atoms with Gasteiger partial charge >= 0.3 is 0 Å². The molecule has 0 aromatic carbocycles. The Morgan fingerprint density at radius 3 is 2.39 bits per heavy atom. The summed E-state index contributed by atoms with van der Waals surface area (Å²) in [5.41, 5.74) is 0.184. The maximum atomic E-state index is 9.67. The molecule has 0 spiro atoms. The van der Waals surface area contributed by atoms with E-state index in [9.17, 15) is 5.11 Å². The van der Waals surface area contributed by atoms with E-state index in [1.165, 1.54) is 58.0 Å². The van der Waals surface area contributed by atoms with Gasteiger partial charge in [-0.3, -0.25) is 4.90 Å². The minimum atomic E-state index is 0.184. The molecule has 1 saturated carbocycles. The van der Waals surface area contributed by atoms with E-state index in [-0.39, 0.29) is 5.41 Å². The van der Waals surface area contributed by atoms with Crippen LogP contribution in [0.3, 0.4) is 0 Å². The van der Waals surface area contributed by atoms with Crippen molar-refractivity contribution in [2.24, 2.45) is 5.41 Å². The molecule has 1 heterocycles. The first-order valence-corrected chi connectivity index (χ1v) is 7.81. The Morgan fingerprint density at radius 1 is 1.11 bits per heavy atom. The SMILES string of the molecule is CC(CNCC1(CO)CCCCC1)N1CCCC1. The third kappa shape index (κ3) is 3.69. The Kier molecular flexibility index (Phi) is 5.46. The maximum absolute atomic E-state index is 9.67. The summed E-state index contributed by atoms with van der Waals surface area (Å²) in [6.45, 7) is 7.30. The molecule has 0 bridgehead atoms. The third-order valence-corrected chi connectivity index (χ3v) is 4.95. The van der Waals surface area contributed by atoms with Crippen LogP contribution in [-0.2, 0) is 0 Å². The van der Waals surface area contributed by atoms with Crippen molar-refractivity contribution in [1.29, 1.82) is 0 Å². The fourth-order valence-electron chi connectivity index (χ4n) is 3.55. The van der Waals surface area contributed by atoms with E-state index in [0.29, 0.717) is 12.6 Å². The molecule has 1 unspecified atom stereocenters. The molecule has 0 amide bonds. The van der Waals surface area contributed by atoms with Crippen molar-refractivity contribution in [3.63, 3.8) is 0 Å². The van der Waals surface area contributed by atoms with E-state index in [2.05, 4.69) is 17.1 Å². The molecule has 0 aromatic heterocycles. The van der Waals surface area contributed by atoms with Gasteiger partial charge in [0.05, 0.1) is 0 Å². The Bertz CT molecular complexity index is 233. The fourth-order valence-corrected chi connectivity index (χ4v) is 3.55. The molecule has 1 aliphatic carbocycles. The normalized spacial score (nSPS) is 26.3. The number of rotatable bonds is 6. The van der Waals surface area contributed by atoms with Gasteiger partial charge in [0.15, 0.2) is 0 Å². The summed E-state index contributed by atoms with van der Waals surface area (Å²) in [6.07, 6.45) is 9.08. The Morgan fingerprint density at radius 2 is 1.78 bits per heavy atom. The zero-order valence-corrected chi connectivity index (χ0v) is 12.0. The van der Waals surface area contributed by atoms with Crippen LogP contribution in [-0.4, -0.2) is 48.8 Å². The van der Waals surface area contributed by atoms with Crippen molar-refractivity contribution in [3.8, 4) is 0 Å². The molecule has 3 heteroatoms. The van der Waals surface area contributed by atoms with E-state index < -0.39 is 0 Å². The number of aliphatic hydroxyl groups excluding tert-OH is 1. The van der Waals surface area contributed by atoms with Crippen LogP contribution in [0.15, 0.2) is 0 Å². The maximum Gasteiger partial charge on any atom is 0.0499 e. The second-order valence-electron chi connectivity index (χ2n) is 6.44. The molecular weight excluding hydrogens is 224 g/mol. The van der Waals surface area contributed by atoms with Crippen molar-refractivity contribution in [3.05, 3.63) is 0 Å². The highest BCUT2D eigenvalue weighted by Crippen LogP contribution is 2.35. The lowest BCUT2D eigenvalue weighted by molar-refractivity contribution is 0.0793. The molecule has 2 N–H and O–H groups in total. The van der Waals surface area contributed by atoms with Crippen LogP contribution in [0.5, 0.6) is 0 Å². The zero-order valence-electron chi connectivity index (χ0n) is 12.0. The van der Waals surface area contributed by atoms with E-state index in [1.54, 1.807) is 0 Å². The van der Waals surface area contributed by atoms with Gasteiger partial charge in [0.1, 0.15) is 0 Å². The monoisotopic (exact) mass is 254 g/mol. The quantitative estimate of drug-likeness (QED) is 0.761. The topological polar surface area (TPSA) is 35.5 Å². The van der Waals surface area contributed by atoms with Gasteiger partial charge in [0, 0.05) is 31.2 Å². The molecule has 2 aliphatic rings. The van der Waals surface area contributed by atoms with Gasteiger partial charge in [-0.25, -0.2) is 0 Å². The van der Waals surface area contributed by atoms with Crippen LogP contribution in [0.2, 0.25) is 0 Å². The van der Waals surface area contributed by atoms with E-state index >= 15 is 0 Å². The molecule has 18 heavy (non-hydrogen) atoms. The lowest BCUT2D eigenvalue weighted by Crippen LogP contribution is -2.44. The molecule has 1 saturated heterocycles. The van der Waals surface area contributed by atoms with Gasteiger partial charge in [0.2, 0.25) is 0 Å². The number of nitrogens with one attached hydrogen (secondary N) is 1. The highest BCUT2D eigenvalue weighted by Gasteiger charge is 2.31. The van der Waals surface area contributed by atoms with Crippen LogP contribution in [0.1, 0.15) is 51.9 Å². The van der Waals surface area contributed by atoms with Crippen LogP contribution in [0.25, 0.3) is 0 Å². The highest BCUT2D eigenvalue weighted by atomic mass is 16.3. The fraction of sp³-hybridized carbons (Fsp3) is 1.00. The minimum Gasteiger partial charge on any atom is -0.396 e. The van der Waals surface area contributed by atoms with Crippen molar-refractivity contribution in [2.75, 3.05) is 32.8 Å². The van der Waals surface area contributed by atoms with Gasteiger partial charge < -0.3 is 10.4 Å². The van der Waals surface area contributed by atoms with Crippen LogP contribution < -0.4 is 5.32 Å². The Hall–Kier alpha value is -0.120. The Balaban J connectivity index is 1.69. The van der Waals surface area contributed by atoms with E-state index in [1.807, 2.05) is 0 Å². The molecule has 0 radical (unpaired) electrons. The van der Waals surface area contributed by atoms with Crippen molar-refractivity contribution >= 4 is 0 Å².